The van der Waals surface area contributed by atoms with E-state index in [0.29, 0.717) is 0 Å². The van der Waals surface area contributed by atoms with Crippen LogP contribution < -0.4 is 5.73 Å². The van der Waals surface area contributed by atoms with Crippen molar-refractivity contribution < 1.29 is 4.39 Å². The number of nitrogens with zero attached hydrogens (tertiary/aromatic N) is 1. The Hall–Kier alpha value is -1.26. The van der Waals surface area contributed by atoms with E-state index in [2.05, 4.69) is 11.9 Å². The highest BCUT2D eigenvalue weighted by molar-refractivity contribution is 7.12. The topological polar surface area (TPSA) is 38.9 Å². The number of benzene rings is 1. The fraction of sp³-hybridized carbons (Fsp3) is 0.357. The van der Waals surface area contributed by atoms with Crippen LogP contribution in [0.25, 0.3) is 11.3 Å². The van der Waals surface area contributed by atoms with Gasteiger partial charge in [0.2, 0.25) is 0 Å². The van der Waals surface area contributed by atoms with Crippen molar-refractivity contribution in [2.75, 3.05) is 0 Å². The van der Waals surface area contributed by atoms with Crippen molar-refractivity contribution in [3.8, 4) is 11.3 Å². The summed E-state index contributed by atoms with van der Waals surface area (Å²) in [5.41, 5.74) is 7.74. The fourth-order valence-corrected chi connectivity index (χ4v) is 2.89. The van der Waals surface area contributed by atoms with Crippen LogP contribution in [0.15, 0.2) is 24.3 Å². The van der Waals surface area contributed by atoms with Crippen molar-refractivity contribution in [2.45, 2.75) is 32.7 Å². The van der Waals surface area contributed by atoms with Crippen LogP contribution in [0.5, 0.6) is 0 Å². The minimum absolute atomic E-state index is 0.0130. The molecule has 0 amide bonds. The van der Waals surface area contributed by atoms with E-state index in [9.17, 15) is 4.39 Å². The van der Waals surface area contributed by atoms with Crippen LogP contribution in [0, 0.1) is 12.7 Å². The zero-order valence-electron chi connectivity index (χ0n) is 10.6. The smallest absolute Gasteiger partial charge is 0.123 e. The Labute approximate surface area is 111 Å². The van der Waals surface area contributed by atoms with Gasteiger partial charge in [-0.25, -0.2) is 9.37 Å². The molecule has 2 rings (SSSR count). The zero-order valence-corrected chi connectivity index (χ0v) is 11.4. The minimum Gasteiger partial charge on any atom is -0.322 e. The summed E-state index contributed by atoms with van der Waals surface area (Å²) in [4.78, 5) is 5.65. The van der Waals surface area contributed by atoms with Crippen molar-refractivity contribution in [2.24, 2.45) is 5.73 Å². The fourth-order valence-electron chi connectivity index (χ4n) is 1.91. The van der Waals surface area contributed by atoms with Gasteiger partial charge in [0, 0.05) is 10.4 Å². The molecule has 4 heteroatoms. The lowest BCUT2D eigenvalue weighted by molar-refractivity contribution is 0.628. The summed E-state index contributed by atoms with van der Waals surface area (Å²) < 4.78 is 13.2. The summed E-state index contributed by atoms with van der Waals surface area (Å²) in [6, 6.07) is 6.52. The predicted molar refractivity (Wildman–Crippen MR) is 74.1 cm³/mol. The molecule has 1 aromatic carbocycles. The van der Waals surface area contributed by atoms with Crippen LogP contribution in [0.1, 0.15) is 35.7 Å². The van der Waals surface area contributed by atoms with Crippen LogP contribution in [0.2, 0.25) is 0 Å². The lowest BCUT2D eigenvalue weighted by Gasteiger charge is -2.05. The number of hydrogen-bond acceptors (Lipinski definition) is 3. The number of hydrogen-bond donors (Lipinski definition) is 1. The van der Waals surface area contributed by atoms with E-state index < -0.39 is 0 Å². The highest BCUT2D eigenvalue weighted by atomic mass is 32.1. The van der Waals surface area contributed by atoms with Gasteiger partial charge in [0.1, 0.15) is 10.8 Å². The van der Waals surface area contributed by atoms with Crippen molar-refractivity contribution in [1.82, 2.24) is 4.98 Å². The molecule has 2 N–H and O–H groups in total. The van der Waals surface area contributed by atoms with Gasteiger partial charge in [-0.1, -0.05) is 25.5 Å². The monoisotopic (exact) mass is 264 g/mol. The second kappa shape index (κ2) is 5.59. The number of aryl methyl sites for hydroxylation is 1. The van der Waals surface area contributed by atoms with Crippen LogP contribution >= 0.6 is 11.3 Å². The Morgan fingerprint density at radius 3 is 2.89 bits per heavy atom. The number of thiazole rings is 1. The summed E-state index contributed by atoms with van der Waals surface area (Å²) in [5.74, 6) is -0.237. The molecule has 1 aromatic heterocycles. The SMILES string of the molecule is CCCC(N)c1nc(-c2cccc(F)c2)c(C)s1. The van der Waals surface area contributed by atoms with E-state index in [1.165, 1.54) is 12.1 Å². The van der Waals surface area contributed by atoms with Crippen LogP contribution in [-0.2, 0) is 0 Å². The molecule has 0 aliphatic carbocycles. The van der Waals surface area contributed by atoms with Crippen molar-refractivity contribution >= 4 is 11.3 Å². The lowest BCUT2D eigenvalue weighted by Crippen LogP contribution is -2.09. The van der Waals surface area contributed by atoms with E-state index in [1.54, 1.807) is 17.4 Å². The average molecular weight is 264 g/mol. The van der Waals surface area contributed by atoms with Gasteiger partial charge in [0.05, 0.1) is 11.7 Å². The maximum absolute atomic E-state index is 13.2. The van der Waals surface area contributed by atoms with Gasteiger partial charge in [0.25, 0.3) is 0 Å². The number of rotatable bonds is 4. The molecule has 0 radical (unpaired) electrons. The first kappa shape index (κ1) is 13.2. The Morgan fingerprint density at radius 2 is 2.22 bits per heavy atom. The van der Waals surface area contributed by atoms with Gasteiger partial charge < -0.3 is 5.73 Å². The average Bonchev–Trinajstić information content (AvgIpc) is 2.72. The molecule has 2 aromatic rings. The molecular formula is C14H17FN2S. The molecule has 2 nitrogen and oxygen atoms in total. The first-order chi connectivity index (χ1) is 8.61. The van der Waals surface area contributed by atoms with E-state index in [1.807, 2.05) is 13.0 Å². The third-order valence-electron chi connectivity index (χ3n) is 2.83. The third-order valence-corrected chi connectivity index (χ3v) is 3.93. The van der Waals surface area contributed by atoms with Crippen molar-refractivity contribution in [1.29, 1.82) is 0 Å². The van der Waals surface area contributed by atoms with E-state index >= 15 is 0 Å². The van der Waals surface area contributed by atoms with Gasteiger partial charge in [-0.05, 0) is 25.5 Å². The number of aromatic nitrogens is 1. The molecule has 18 heavy (non-hydrogen) atoms. The molecular weight excluding hydrogens is 247 g/mol. The lowest BCUT2D eigenvalue weighted by atomic mass is 10.1. The van der Waals surface area contributed by atoms with E-state index in [-0.39, 0.29) is 11.9 Å². The Balaban J connectivity index is 2.35. The maximum atomic E-state index is 13.2. The molecule has 0 aliphatic rings. The van der Waals surface area contributed by atoms with Gasteiger partial charge in [-0.2, -0.15) is 0 Å². The third kappa shape index (κ3) is 2.76. The quantitative estimate of drug-likeness (QED) is 0.904. The second-order valence-electron chi connectivity index (χ2n) is 4.36. The van der Waals surface area contributed by atoms with Gasteiger partial charge in [0.15, 0.2) is 0 Å². The second-order valence-corrected chi connectivity index (χ2v) is 5.60. The van der Waals surface area contributed by atoms with Crippen molar-refractivity contribution in [3.05, 3.63) is 40.0 Å². The number of halogens is 1. The largest absolute Gasteiger partial charge is 0.322 e. The maximum Gasteiger partial charge on any atom is 0.123 e. The molecule has 1 atom stereocenters. The Bertz CT molecular complexity index is 536. The molecule has 0 aliphatic heterocycles. The van der Waals surface area contributed by atoms with Gasteiger partial charge in [-0.3, -0.25) is 0 Å². The molecule has 0 saturated carbocycles. The Morgan fingerprint density at radius 1 is 1.44 bits per heavy atom. The number of nitrogens with two attached hydrogens (primary N) is 1. The molecule has 0 fully saturated rings. The van der Waals surface area contributed by atoms with E-state index in [0.717, 1.165) is 34.0 Å². The highest BCUT2D eigenvalue weighted by Gasteiger charge is 2.14. The Kier molecular flexibility index (Phi) is 4.09. The van der Waals surface area contributed by atoms with Crippen LogP contribution in [0.3, 0.4) is 0 Å². The molecule has 0 bridgehead atoms. The first-order valence-corrected chi connectivity index (χ1v) is 6.92. The summed E-state index contributed by atoms with van der Waals surface area (Å²) >= 11 is 1.60. The molecule has 1 heterocycles. The van der Waals surface area contributed by atoms with Gasteiger partial charge >= 0.3 is 0 Å². The van der Waals surface area contributed by atoms with Crippen molar-refractivity contribution in [3.63, 3.8) is 0 Å². The van der Waals surface area contributed by atoms with E-state index in [4.69, 9.17) is 5.73 Å². The summed E-state index contributed by atoms with van der Waals surface area (Å²) in [6.07, 6.45) is 1.96. The highest BCUT2D eigenvalue weighted by Crippen LogP contribution is 2.31. The summed E-state index contributed by atoms with van der Waals surface area (Å²) in [5, 5.41) is 0.939. The standard InChI is InChI=1S/C14H17FN2S/c1-3-5-12(16)14-17-13(9(2)18-14)10-6-4-7-11(15)8-10/h4,6-8,12H,3,5,16H2,1-2H3. The minimum atomic E-state index is -0.237. The molecule has 1 unspecified atom stereocenters. The first-order valence-electron chi connectivity index (χ1n) is 6.10. The molecule has 0 saturated heterocycles. The van der Waals surface area contributed by atoms with Crippen LogP contribution in [-0.4, -0.2) is 4.98 Å². The molecule has 96 valence electrons. The molecule has 0 spiro atoms. The van der Waals surface area contributed by atoms with Gasteiger partial charge in [-0.15, -0.1) is 11.3 Å². The van der Waals surface area contributed by atoms with Crippen LogP contribution in [0.4, 0.5) is 4.39 Å². The normalized spacial score (nSPS) is 12.7. The predicted octanol–water partition coefficient (Wildman–Crippen LogP) is 4.06. The summed E-state index contributed by atoms with van der Waals surface area (Å²) in [6.45, 7) is 4.11. The zero-order chi connectivity index (χ0) is 13.1. The summed E-state index contributed by atoms with van der Waals surface area (Å²) in [7, 11) is 0.